The van der Waals surface area contributed by atoms with Gasteiger partial charge in [0.05, 0.1) is 16.4 Å². The molecular weight excluding hydrogens is 284 g/mol. The second-order valence-electron chi connectivity index (χ2n) is 4.13. The number of pyridine rings is 1. The van der Waals surface area contributed by atoms with Crippen molar-refractivity contribution in [3.05, 3.63) is 16.7 Å². The molecule has 0 saturated carbocycles. The summed E-state index contributed by atoms with van der Waals surface area (Å²) in [5, 5.41) is 5.84. The summed E-state index contributed by atoms with van der Waals surface area (Å²) < 4.78 is 0.738. The number of amides is 1. The summed E-state index contributed by atoms with van der Waals surface area (Å²) in [6, 6.07) is 1.50. The molecule has 1 heterocycles. The highest BCUT2D eigenvalue weighted by molar-refractivity contribution is 9.10. The quantitative estimate of drug-likeness (QED) is 0.791. The Hall–Kier alpha value is -1.30. The molecule has 1 amide bonds. The second-order valence-corrected chi connectivity index (χ2v) is 4.98. The van der Waals surface area contributed by atoms with Gasteiger partial charge in [0, 0.05) is 6.04 Å². The number of anilines is 2. The summed E-state index contributed by atoms with van der Waals surface area (Å²) in [6.45, 7) is 5.62. The first-order valence-corrected chi connectivity index (χ1v) is 6.17. The molecule has 1 aromatic heterocycles. The lowest BCUT2D eigenvalue weighted by Crippen LogP contribution is -2.41. The molecule has 1 unspecified atom stereocenters. The van der Waals surface area contributed by atoms with E-state index in [2.05, 4.69) is 31.5 Å². The van der Waals surface area contributed by atoms with Gasteiger partial charge in [-0.3, -0.25) is 4.79 Å². The lowest BCUT2D eigenvalue weighted by molar-refractivity contribution is -0.122. The Morgan fingerprint density at radius 1 is 1.47 bits per heavy atom. The number of nitrogens with one attached hydrogen (secondary N) is 2. The summed E-state index contributed by atoms with van der Waals surface area (Å²) in [7, 11) is 0. The molecule has 0 spiro atoms. The van der Waals surface area contributed by atoms with Crippen molar-refractivity contribution in [1.82, 2.24) is 10.3 Å². The average molecular weight is 301 g/mol. The van der Waals surface area contributed by atoms with Gasteiger partial charge >= 0.3 is 0 Å². The summed E-state index contributed by atoms with van der Waals surface area (Å²) in [4.78, 5) is 15.8. The van der Waals surface area contributed by atoms with Gasteiger partial charge in [-0.25, -0.2) is 4.98 Å². The number of hydrogen-bond acceptors (Lipinski definition) is 4. The van der Waals surface area contributed by atoms with Crippen molar-refractivity contribution in [2.45, 2.75) is 32.9 Å². The van der Waals surface area contributed by atoms with Crippen molar-refractivity contribution >= 4 is 33.3 Å². The van der Waals surface area contributed by atoms with E-state index in [0.717, 1.165) is 4.47 Å². The maximum Gasteiger partial charge on any atom is 0.242 e. The number of carbonyl (C=O) groups is 1. The van der Waals surface area contributed by atoms with Gasteiger partial charge in [-0.05, 0) is 42.8 Å². The Kier molecular flexibility index (Phi) is 4.74. The Labute approximate surface area is 109 Å². The van der Waals surface area contributed by atoms with Gasteiger partial charge in [-0.15, -0.1) is 0 Å². The van der Waals surface area contributed by atoms with Gasteiger partial charge in [0.25, 0.3) is 0 Å². The zero-order chi connectivity index (χ0) is 13.0. The number of nitrogens with zero attached hydrogens (tertiary/aromatic N) is 1. The molecule has 0 saturated heterocycles. The Bertz CT molecular complexity index is 408. The van der Waals surface area contributed by atoms with Crippen LogP contribution >= 0.6 is 15.9 Å². The first-order chi connectivity index (χ1) is 7.90. The fraction of sp³-hybridized carbons (Fsp3) is 0.455. The molecule has 5 nitrogen and oxygen atoms in total. The largest absolute Gasteiger partial charge is 0.397 e. The molecule has 0 aliphatic heterocycles. The highest BCUT2D eigenvalue weighted by Gasteiger charge is 2.15. The monoisotopic (exact) mass is 300 g/mol. The summed E-state index contributed by atoms with van der Waals surface area (Å²) in [6.07, 6.45) is 1.54. The molecule has 6 heteroatoms. The number of halogens is 1. The third-order valence-electron chi connectivity index (χ3n) is 2.04. The normalized spacial score (nSPS) is 12.3. The highest BCUT2D eigenvalue weighted by atomic mass is 79.9. The maximum absolute atomic E-state index is 11.7. The van der Waals surface area contributed by atoms with Crippen LogP contribution in [0.2, 0.25) is 0 Å². The molecule has 0 aromatic carbocycles. The minimum Gasteiger partial charge on any atom is -0.397 e. The van der Waals surface area contributed by atoms with Crippen LogP contribution in [0.3, 0.4) is 0 Å². The first-order valence-electron chi connectivity index (χ1n) is 5.38. The molecule has 0 radical (unpaired) electrons. The van der Waals surface area contributed by atoms with E-state index in [0.29, 0.717) is 11.5 Å². The molecule has 0 aliphatic rings. The topological polar surface area (TPSA) is 80.0 Å². The van der Waals surface area contributed by atoms with Crippen LogP contribution in [0.1, 0.15) is 20.8 Å². The predicted octanol–water partition coefficient (Wildman–Crippen LogP) is 1.75. The highest BCUT2D eigenvalue weighted by Crippen LogP contribution is 2.22. The van der Waals surface area contributed by atoms with E-state index in [-0.39, 0.29) is 18.0 Å². The zero-order valence-corrected chi connectivity index (χ0v) is 11.7. The SMILES string of the molecule is CC(C)NC(=O)C(C)Nc1ncc(N)cc1Br. The standard InChI is InChI=1S/C11H17BrN4O/c1-6(2)15-11(17)7(3)16-10-9(12)4-8(13)5-14-10/h4-7H,13H2,1-3H3,(H,14,16)(H,15,17). The number of rotatable bonds is 4. The molecule has 0 bridgehead atoms. The third kappa shape index (κ3) is 4.22. The fourth-order valence-corrected chi connectivity index (χ4v) is 1.72. The van der Waals surface area contributed by atoms with Crippen LogP contribution in [-0.4, -0.2) is 23.0 Å². The third-order valence-corrected chi connectivity index (χ3v) is 2.64. The predicted molar refractivity (Wildman–Crippen MR) is 72.7 cm³/mol. The maximum atomic E-state index is 11.7. The van der Waals surface area contributed by atoms with Gasteiger partial charge in [0.1, 0.15) is 11.9 Å². The van der Waals surface area contributed by atoms with Crippen molar-refractivity contribution in [2.24, 2.45) is 0 Å². The van der Waals surface area contributed by atoms with Crippen LogP contribution in [0.4, 0.5) is 11.5 Å². The first kappa shape index (κ1) is 13.8. The number of aromatic nitrogens is 1. The van der Waals surface area contributed by atoms with E-state index >= 15 is 0 Å². The van der Waals surface area contributed by atoms with Crippen molar-refractivity contribution in [3.63, 3.8) is 0 Å². The fourth-order valence-electron chi connectivity index (χ4n) is 1.24. The van der Waals surface area contributed by atoms with Crippen molar-refractivity contribution in [1.29, 1.82) is 0 Å². The number of nitrogens with two attached hydrogens (primary N) is 1. The summed E-state index contributed by atoms with van der Waals surface area (Å²) >= 11 is 3.34. The van der Waals surface area contributed by atoms with Crippen molar-refractivity contribution in [2.75, 3.05) is 11.1 Å². The Morgan fingerprint density at radius 3 is 2.65 bits per heavy atom. The van der Waals surface area contributed by atoms with Crippen molar-refractivity contribution < 1.29 is 4.79 Å². The van der Waals surface area contributed by atoms with Gasteiger partial charge in [-0.1, -0.05) is 0 Å². The van der Waals surface area contributed by atoms with E-state index in [1.165, 1.54) is 0 Å². The van der Waals surface area contributed by atoms with Crippen LogP contribution in [0.15, 0.2) is 16.7 Å². The van der Waals surface area contributed by atoms with Crippen LogP contribution in [0.25, 0.3) is 0 Å². The lowest BCUT2D eigenvalue weighted by atomic mass is 10.2. The van der Waals surface area contributed by atoms with E-state index in [1.807, 2.05) is 13.8 Å². The second kappa shape index (κ2) is 5.86. The van der Waals surface area contributed by atoms with Gasteiger partial charge in [-0.2, -0.15) is 0 Å². The molecule has 94 valence electrons. The molecule has 0 aliphatic carbocycles. The minimum absolute atomic E-state index is 0.0643. The Morgan fingerprint density at radius 2 is 2.12 bits per heavy atom. The molecule has 1 atom stereocenters. The van der Waals surface area contributed by atoms with Crippen LogP contribution in [0.5, 0.6) is 0 Å². The number of carbonyl (C=O) groups excluding carboxylic acids is 1. The zero-order valence-electron chi connectivity index (χ0n) is 10.1. The van der Waals surface area contributed by atoms with E-state index < -0.39 is 0 Å². The Balaban J connectivity index is 2.67. The minimum atomic E-state index is -0.357. The van der Waals surface area contributed by atoms with Crippen molar-refractivity contribution in [3.8, 4) is 0 Å². The van der Waals surface area contributed by atoms with E-state index in [1.54, 1.807) is 19.2 Å². The van der Waals surface area contributed by atoms with Gasteiger partial charge in [0.15, 0.2) is 0 Å². The van der Waals surface area contributed by atoms with Crippen LogP contribution < -0.4 is 16.4 Å². The summed E-state index contributed by atoms with van der Waals surface area (Å²) in [5.41, 5.74) is 6.16. The molecule has 0 fully saturated rings. The van der Waals surface area contributed by atoms with Crippen LogP contribution in [0, 0.1) is 0 Å². The van der Waals surface area contributed by atoms with E-state index in [4.69, 9.17) is 5.73 Å². The average Bonchev–Trinajstić information content (AvgIpc) is 2.21. The smallest absolute Gasteiger partial charge is 0.242 e. The van der Waals surface area contributed by atoms with Gasteiger partial charge in [0.2, 0.25) is 5.91 Å². The molecule has 1 aromatic rings. The molecule has 17 heavy (non-hydrogen) atoms. The number of hydrogen-bond donors (Lipinski definition) is 3. The molecule has 1 rings (SSSR count). The lowest BCUT2D eigenvalue weighted by Gasteiger charge is -2.17. The molecular formula is C11H17BrN4O. The van der Waals surface area contributed by atoms with Crippen LogP contribution in [-0.2, 0) is 4.79 Å². The van der Waals surface area contributed by atoms with E-state index in [9.17, 15) is 4.79 Å². The molecule has 4 N–H and O–H groups in total. The number of nitrogen functional groups attached to an aromatic ring is 1. The summed E-state index contributed by atoms with van der Waals surface area (Å²) in [5.74, 6) is 0.538. The van der Waals surface area contributed by atoms with Gasteiger partial charge < -0.3 is 16.4 Å².